The molecule has 4 heteroatoms. The lowest BCUT2D eigenvalue weighted by atomic mass is 10.1. The van der Waals surface area contributed by atoms with E-state index < -0.39 is 6.43 Å². The molecule has 3 rings (SSSR count). The van der Waals surface area contributed by atoms with Gasteiger partial charge in [-0.25, -0.2) is 8.78 Å². The number of aromatic nitrogens is 1. The highest BCUT2D eigenvalue weighted by molar-refractivity contribution is 6.10. The molecular weight excluding hydrogens is 272 g/mol. The molecule has 0 N–H and O–H groups in total. The van der Waals surface area contributed by atoms with E-state index in [2.05, 4.69) is 0 Å². The van der Waals surface area contributed by atoms with Crippen LogP contribution >= 0.6 is 0 Å². The number of hydrogen-bond acceptors (Lipinski definition) is 1. The Morgan fingerprint density at radius 2 is 1.81 bits per heavy atom. The molecule has 0 spiro atoms. The van der Waals surface area contributed by atoms with Gasteiger partial charge in [-0.15, -0.1) is 0 Å². The third-order valence-corrected chi connectivity index (χ3v) is 3.75. The molecule has 0 fully saturated rings. The molecule has 0 aliphatic heterocycles. The fourth-order valence-electron chi connectivity index (χ4n) is 2.74. The summed E-state index contributed by atoms with van der Waals surface area (Å²) in [6.07, 6.45) is -2.50. The quantitative estimate of drug-likeness (QED) is 0.640. The Labute approximate surface area is 121 Å². The van der Waals surface area contributed by atoms with E-state index in [-0.39, 0.29) is 18.7 Å². The first-order chi connectivity index (χ1) is 10.1. The van der Waals surface area contributed by atoms with Crippen LogP contribution < -0.4 is 0 Å². The maximum Gasteiger partial charge on any atom is 0.240 e. The molecular formula is C17H15F2NO. The van der Waals surface area contributed by atoms with Crippen molar-refractivity contribution in [1.82, 2.24) is 4.57 Å². The number of nitrogens with zero attached hydrogens (tertiary/aromatic N) is 1. The van der Waals surface area contributed by atoms with Crippen molar-refractivity contribution < 1.29 is 13.6 Å². The lowest BCUT2D eigenvalue weighted by Gasteiger charge is -2.07. The minimum Gasteiger partial charge on any atom is -0.340 e. The lowest BCUT2D eigenvalue weighted by molar-refractivity contribution is 0.101. The van der Waals surface area contributed by atoms with Crippen LogP contribution in [0.15, 0.2) is 42.5 Å². The second kappa shape index (κ2) is 5.28. The Bertz CT molecular complexity index is 820. The van der Waals surface area contributed by atoms with Crippen LogP contribution in [0.1, 0.15) is 23.7 Å². The van der Waals surface area contributed by atoms with Crippen LogP contribution in [-0.4, -0.2) is 16.8 Å². The molecule has 1 heterocycles. The smallest absolute Gasteiger partial charge is 0.240 e. The molecule has 0 saturated heterocycles. The van der Waals surface area contributed by atoms with Gasteiger partial charge in [0.1, 0.15) is 0 Å². The van der Waals surface area contributed by atoms with Gasteiger partial charge in [-0.2, -0.15) is 0 Å². The maximum absolute atomic E-state index is 12.5. The molecule has 0 amide bonds. The van der Waals surface area contributed by atoms with E-state index in [9.17, 15) is 13.6 Å². The van der Waals surface area contributed by atoms with E-state index in [1.54, 1.807) is 6.07 Å². The number of para-hydroxylation sites is 1. The number of aryl methyl sites for hydroxylation is 1. The van der Waals surface area contributed by atoms with Gasteiger partial charge in [-0.3, -0.25) is 4.79 Å². The molecule has 108 valence electrons. The van der Waals surface area contributed by atoms with Gasteiger partial charge in [-0.1, -0.05) is 18.2 Å². The topological polar surface area (TPSA) is 22.0 Å². The van der Waals surface area contributed by atoms with E-state index in [1.807, 2.05) is 41.0 Å². The summed E-state index contributed by atoms with van der Waals surface area (Å²) in [5, 5.41) is 1.93. The molecule has 0 bridgehead atoms. The summed E-state index contributed by atoms with van der Waals surface area (Å²) in [5.41, 5.74) is 2.45. The first kappa shape index (κ1) is 13.7. The van der Waals surface area contributed by atoms with Crippen molar-refractivity contribution >= 4 is 27.6 Å². The summed E-state index contributed by atoms with van der Waals surface area (Å²) in [5.74, 6) is 0.00121. The van der Waals surface area contributed by atoms with Crippen LogP contribution in [0.5, 0.6) is 0 Å². The van der Waals surface area contributed by atoms with Crippen molar-refractivity contribution in [3.8, 4) is 0 Å². The predicted octanol–water partition coefficient (Wildman–Crippen LogP) is 4.65. The number of carbonyl (C=O) groups is 1. The normalized spacial score (nSPS) is 11.6. The fraction of sp³-hybridized carbons (Fsp3) is 0.235. The summed E-state index contributed by atoms with van der Waals surface area (Å²) < 4.78 is 27.0. The van der Waals surface area contributed by atoms with Crippen molar-refractivity contribution in [2.45, 2.75) is 26.3 Å². The van der Waals surface area contributed by atoms with E-state index in [0.29, 0.717) is 5.56 Å². The molecule has 0 saturated carbocycles. The van der Waals surface area contributed by atoms with Gasteiger partial charge in [0, 0.05) is 40.3 Å². The highest BCUT2D eigenvalue weighted by atomic mass is 19.3. The largest absolute Gasteiger partial charge is 0.340 e. The lowest BCUT2D eigenvalue weighted by Crippen LogP contribution is -2.02. The minimum atomic E-state index is -2.32. The Morgan fingerprint density at radius 3 is 2.52 bits per heavy atom. The number of benzene rings is 2. The average molecular weight is 287 g/mol. The van der Waals surface area contributed by atoms with E-state index in [0.717, 1.165) is 21.8 Å². The van der Waals surface area contributed by atoms with Crippen molar-refractivity contribution in [3.63, 3.8) is 0 Å². The SMILES string of the molecule is CC(=O)c1ccc2c(c1)c1ccccc1n2CCC(F)F. The average Bonchev–Trinajstić information content (AvgIpc) is 2.78. The highest BCUT2D eigenvalue weighted by Gasteiger charge is 2.13. The zero-order chi connectivity index (χ0) is 15.0. The third-order valence-electron chi connectivity index (χ3n) is 3.75. The van der Waals surface area contributed by atoms with Gasteiger partial charge in [0.05, 0.1) is 0 Å². The number of Topliss-reactive ketones (excluding diaryl/α,β-unsaturated/α-hetero) is 1. The molecule has 2 nitrogen and oxygen atoms in total. The summed E-state index contributed by atoms with van der Waals surface area (Å²) in [7, 11) is 0. The van der Waals surface area contributed by atoms with Crippen molar-refractivity contribution in [1.29, 1.82) is 0 Å². The number of alkyl halides is 2. The molecule has 0 radical (unpaired) electrons. The Morgan fingerprint density at radius 1 is 1.10 bits per heavy atom. The van der Waals surface area contributed by atoms with Crippen LogP contribution in [0.25, 0.3) is 21.8 Å². The molecule has 0 aliphatic rings. The van der Waals surface area contributed by atoms with Crippen LogP contribution in [0, 0.1) is 0 Å². The zero-order valence-electron chi connectivity index (χ0n) is 11.6. The molecule has 0 aliphatic carbocycles. The minimum absolute atomic E-state index is 0.00121. The van der Waals surface area contributed by atoms with Gasteiger partial charge in [0.25, 0.3) is 0 Å². The molecule has 1 aromatic heterocycles. The van der Waals surface area contributed by atoms with Crippen LogP contribution in [0.4, 0.5) is 8.78 Å². The Kier molecular flexibility index (Phi) is 3.45. The molecule has 3 aromatic rings. The first-order valence-corrected chi connectivity index (χ1v) is 6.88. The van der Waals surface area contributed by atoms with Gasteiger partial charge in [0.15, 0.2) is 5.78 Å². The monoisotopic (exact) mass is 287 g/mol. The third kappa shape index (κ3) is 2.42. The van der Waals surface area contributed by atoms with Gasteiger partial charge in [0.2, 0.25) is 6.43 Å². The summed E-state index contributed by atoms with van der Waals surface area (Å²) in [4.78, 5) is 11.5. The van der Waals surface area contributed by atoms with Gasteiger partial charge >= 0.3 is 0 Å². The Hall–Kier alpha value is -2.23. The summed E-state index contributed by atoms with van der Waals surface area (Å²) >= 11 is 0. The highest BCUT2D eigenvalue weighted by Crippen LogP contribution is 2.30. The number of fused-ring (bicyclic) bond motifs is 3. The number of ketones is 1. The standard InChI is InChI=1S/C17H15F2NO/c1-11(21)12-6-7-16-14(10-12)13-4-2-3-5-15(13)20(16)9-8-17(18)19/h2-7,10,17H,8-9H2,1H3. The van der Waals surface area contributed by atoms with E-state index >= 15 is 0 Å². The molecule has 21 heavy (non-hydrogen) atoms. The number of carbonyl (C=O) groups excluding carboxylic acids is 1. The van der Waals surface area contributed by atoms with Crippen molar-refractivity contribution in [2.75, 3.05) is 0 Å². The predicted molar refractivity (Wildman–Crippen MR) is 80.1 cm³/mol. The van der Waals surface area contributed by atoms with Crippen molar-refractivity contribution in [3.05, 3.63) is 48.0 Å². The van der Waals surface area contributed by atoms with Crippen LogP contribution in [0.3, 0.4) is 0 Å². The number of halogens is 2. The molecule has 0 atom stereocenters. The Balaban J connectivity index is 2.26. The summed E-state index contributed by atoms with van der Waals surface area (Å²) in [6, 6.07) is 13.1. The first-order valence-electron chi connectivity index (χ1n) is 6.88. The maximum atomic E-state index is 12.5. The van der Waals surface area contributed by atoms with Gasteiger partial charge in [-0.05, 0) is 31.2 Å². The number of rotatable bonds is 4. The van der Waals surface area contributed by atoms with Gasteiger partial charge < -0.3 is 4.57 Å². The zero-order valence-corrected chi connectivity index (χ0v) is 11.6. The van der Waals surface area contributed by atoms with Crippen molar-refractivity contribution in [2.24, 2.45) is 0 Å². The van der Waals surface area contributed by atoms with E-state index in [1.165, 1.54) is 6.92 Å². The number of hydrogen-bond donors (Lipinski definition) is 0. The summed E-state index contributed by atoms with van der Waals surface area (Å²) in [6.45, 7) is 1.79. The second-order valence-electron chi connectivity index (χ2n) is 5.14. The van der Waals surface area contributed by atoms with E-state index in [4.69, 9.17) is 0 Å². The fourth-order valence-corrected chi connectivity index (χ4v) is 2.74. The molecule has 2 aromatic carbocycles. The van der Waals surface area contributed by atoms with Crippen LogP contribution in [-0.2, 0) is 6.54 Å². The molecule has 0 unspecified atom stereocenters. The van der Waals surface area contributed by atoms with Crippen LogP contribution in [0.2, 0.25) is 0 Å². The second-order valence-corrected chi connectivity index (χ2v) is 5.14.